The fraction of sp³-hybridized carbons (Fsp3) is 0.350. The van der Waals surface area contributed by atoms with Crippen LogP contribution in [-0.2, 0) is 4.74 Å². The van der Waals surface area contributed by atoms with Crippen LogP contribution >= 0.6 is 0 Å². The molecule has 28 heavy (non-hydrogen) atoms. The topological polar surface area (TPSA) is 91.4 Å². The van der Waals surface area contributed by atoms with Crippen LogP contribution in [-0.4, -0.2) is 42.7 Å². The van der Waals surface area contributed by atoms with E-state index in [0.29, 0.717) is 44.1 Å². The van der Waals surface area contributed by atoms with E-state index in [4.69, 9.17) is 4.74 Å². The first-order chi connectivity index (χ1) is 13.5. The summed E-state index contributed by atoms with van der Waals surface area (Å²) in [6.07, 6.45) is 0. The number of benzene rings is 2. The summed E-state index contributed by atoms with van der Waals surface area (Å²) in [6.45, 7) is 4.67. The van der Waals surface area contributed by atoms with E-state index in [0.717, 1.165) is 5.56 Å². The van der Waals surface area contributed by atoms with Crippen molar-refractivity contribution in [3.05, 3.63) is 69.0 Å². The molecule has 0 bridgehead atoms. The standard InChI is InChI=1S/C20H21FN4O3/c1-14-18(9-15(12-22)10-19(14)25(26)27)23-13-20(24-5-7-28-8-6-24)16-3-2-4-17(21)11-16/h2-4,9-11,20,23H,5-8,13H2,1H3. The molecule has 2 aromatic carbocycles. The molecule has 1 heterocycles. The molecule has 7 nitrogen and oxygen atoms in total. The van der Waals surface area contributed by atoms with Crippen molar-refractivity contribution in [3.63, 3.8) is 0 Å². The number of nitro groups is 1. The highest BCUT2D eigenvalue weighted by atomic mass is 19.1. The van der Waals surface area contributed by atoms with Crippen LogP contribution in [0.15, 0.2) is 36.4 Å². The average molecular weight is 384 g/mol. The first-order valence-corrected chi connectivity index (χ1v) is 9.00. The lowest BCUT2D eigenvalue weighted by Crippen LogP contribution is -2.41. The number of hydrogen-bond acceptors (Lipinski definition) is 6. The number of nitro benzene ring substituents is 1. The van der Waals surface area contributed by atoms with Crippen LogP contribution in [0.25, 0.3) is 0 Å². The third-order valence-electron chi connectivity index (χ3n) is 4.91. The fourth-order valence-corrected chi connectivity index (χ4v) is 3.40. The predicted octanol–water partition coefficient (Wildman–Crippen LogP) is 3.40. The minimum atomic E-state index is -0.493. The van der Waals surface area contributed by atoms with Gasteiger partial charge in [-0.1, -0.05) is 12.1 Å². The lowest BCUT2D eigenvalue weighted by atomic mass is 10.0. The van der Waals surface area contributed by atoms with Gasteiger partial charge in [-0.05, 0) is 30.7 Å². The molecule has 2 aromatic rings. The van der Waals surface area contributed by atoms with Gasteiger partial charge in [0.2, 0.25) is 0 Å². The Hall–Kier alpha value is -3.02. The summed E-state index contributed by atoms with van der Waals surface area (Å²) in [5.74, 6) is -0.311. The van der Waals surface area contributed by atoms with Crippen LogP contribution < -0.4 is 5.32 Å². The molecule has 0 aliphatic carbocycles. The van der Waals surface area contributed by atoms with Gasteiger partial charge < -0.3 is 10.1 Å². The third kappa shape index (κ3) is 4.44. The summed E-state index contributed by atoms with van der Waals surface area (Å²) in [5.41, 5.74) is 1.92. The zero-order valence-electron chi connectivity index (χ0n) is 15.5. The molecule has 0 aromatic heterocycles. The predicted molar refractivity (Wildman–Crippen MR) is 103 cm³/mol. The van der Waals surface area contributed by atoms with Crippen LogP contribution in [0.2, 0.25) is 0 Å². The van der Waals surface area contributed by atoms with E-state index in [2.05, 4.69) is 10.2 Å². The van der Waals surface area contributed by atoms with Crippen LogP contribution in [0, 0.1) is 34.2 Å². The van der Waals surface area contributed by atoms with Crippen molar-refractivity contribution < 1.29 is 14.1 Å². The lowest BCUT2D eigenvalue weighted by Gasteiger charge is -2.35. The maximum Gasteiger partial charge on any atom is 0.275 e. The number of rotatable bonds is 6. The van der Waals surface area contributed by atoms with Gasteiger partial charge in [-0.15, -0.1) is 0 Å². The van der Waals surface area contributed by atoms with Crippen LogP contribution in [0.5, 0.6) is 0 Å². The normalized spacial score (nSPS) is 15.6. The number of nitrogens with one attached hydrogen (secondary N) is 1. The molecule has 1 aliphatic heterocycles. The summed E-state index contributed by atoms with van der Waals surface area (Å²) in [4.78, 5) is 13.0. The van der Waals surface area contributed by atoms with Gasteiger partial charge in [0.15, 0.2) is 0 Å². The molecule has 1 unspecified atom stereocenters. The Morgan fingerprint density at radius 2 is 2.11 bits per heavy atom. The maximum absolute atomic E-state index is 13.8. The molecular formula is C20H21FN4O3. The first kappa shape index (κ1) is 19.7. The minimum absolute atomic E-state index is 0.102. The van der Waals surface area contributed by atoms with Crippen LogP contribution in [0.1, 0.15) is 22.7 Å². The van der Waals surface area contributed by atoms with Gasteiger partial charge >= 0.3 is 0 Å². The van der Waals surface area contributed by atoms with Gasteiger partial charge in [-0.25, -0.2) is 4.39 Å². The highest BCUT2D eigenvalue weighted by molar-refractivity contribution is 5.64. The van der Waals surface area contributed by atoms with E-state index < -0.39 is 4.92 Å². The second kappa shape index (κ2) is 8.78. The number of ether oxygens (including phenoxy) is 1. The molecule has 1 fully saturated rings. The molecule has 0 radical (unpaired) electrons. The highest BCUT2D eigenvalue weighted by Gasteiger charge is 2.24. The third-order valence-corrected chi connectivity index (χ3v) is 4.91. The molecule has 1 aliphatic rings. The number of halogens is 1. The smallest absolute Gasteiger partial charge is 0.275 e. The molecule has 0 saturated carbocycles. The SMILES string of the molecule is Cc1c(NCC(c2cccc(F)c2)N2CCOCC2)cc(C#N)cc1[N+](=O)[O-]. The summed E-state index contributed by atoms with van der Waals surface area (Å²) in [6, 6.07) is 11.1. The Morgan fingerprint density at radius 1 is 1.36 bits per heavy atom. The number of hydrogen-bond donors (Lipinski definition) is 1. The second-order valence-corrected chi connectivity index (χ2v) is 6.64. The highest BCUT2D eigenvalue weighted by Crippen LogP contribution is 2.29. The lowest BCUT2D eigenvalue weighted by molar-refractivity contribution is -0.385. The Bertz CT molecular complexity index is 907. The van der Waals surface area contributed by atoms with E-state index >= 15 is 0 Å². The van der Waals surface area contributed by atoms with Gasteiger partial charge in [0.25, 0.3) is 5.69 Å². The molecule has 3 rings (SSSR count). The Morgan fingerprint density at radius 3 is 2.75 bits per heavy atom. The fourth-order valence-electron chi connectivity index (χ4n) is 3.40. The van der Waals surface area contributed by atoms with E-state index in [1.807, 2.05) is 12.1 Å². The van der Waals surface area contributed by atoms with Crippen molar-refractivity contribution in [3.8, 4) is 6.07 Å². The van der Waals surface area contributed by atoms with Gasteiger partial charge in [-0.3, -0.25) is 15.0 Å². The van der Waals surface area contributed by atoms with E-state index in [9.17, 15) is 19.8 Å². The summed E-state index contributed by atoms with van der Waals surface area (Å²) in [5, 5.41) is 23.7. The molecule has 146 valence electrons. The van der Waals surface area contributed by atoms with Gasteiger partial charge in [0.05, 0.1) is 35.8 Å². The summed E-state index contributed by atoms with van der Waals surface area (Å²) < 4.78 is 19.2. The number of nitrogens with zero attached hydrogens (tertiary/aromatic N) is 3. The summed E-state index contributed by atoms with van der Waals surface area (Å²) >= 11 is 0. The maximum atomic E-state index is 13.8. The van der Waals surface area contributed by atoms with Crippen molar-refractivity contribution in [1.82, 2.24) is 4.90 Å². The summed E-state index contributed by atoms with van der Waals surface area (Å²) in [7, 11) is 0. The zero-order chi connectivity index (χ0) is 20.1. The van der Waals surface area contributed by atoms with Crippen molar-refractivity contribution in [2.24, 2.45) is 0 Å². The Balaban J connectivity index is 1.89. The number of nitriles is 1. The number of anilines is 1. The monoisotopic (exact) mass is 384 g/mol. The quantitative estimate of drug-likeness (QED) is 0.606. The van der Waals surface area contributed by atoms with Gasteiger partial charge in [-0.2, -0.15) is 5.26 Å². The van der Waals surface area contributed by atoms with Gasteiger partial charge in [0.1, 0.15) is 5.82 Å². The minimum Gasteiger partial charge on any atom is -0.383 e. The molecule has 0 amide bonds. The van der Waals surface area contributed by atoms with E-state index in [1.165, 1.54) is 18.2 Å². The average Bonchev–Trinajstić information content (AvgIpc) is 2.70. The van der Waals surface area contributed by atoms with Crippen molar-refractivity contribution in [2.45, 2.75) is 13.0 Å². The van der Waals surface area contributed by atoms with Gasteiger partial charge in [0, 0.05) is 37.0 Å². The number of morpholine rings is 1. The van der Waals surface area contributed by atoms with E-state index in [1.54, 1.807) is 19.1 Å². The van der Waals surface area contributed by atoms with Crippen molar-refractivity contribution in [1.29, 1.82) is 5.26 Å². The first-order valence-electron chi connectivity index (χ1n) is 9.00. The molecule has 1 atom stereocenters. The molecular weight excluding hydrogens is 363 g/mol. The zero-order valence-corrected chi connectivity index (χ0v) is 15.5. The van der Waals surface area contributed by atoms with Crippen molar-refractivity contribution >= 4 is 11.4 Å². The molecule has 0 spiro atoms. The van der Waals surface area contributed by atoms with Crippen LogP contribution in [0.4, 0.5) is 15.8 Å². The van der Waals surface area contributed by atoms with E-state index in [-0.39, 0.29) is 23.1 Å². The Labute approximate surface area is 162 Å². The van der Waals surface area contributed by atoms with Crippen molar-refractivity contribution in [2.75, 3.05) is 38.2 Å². The molecule has 1 N–H and O–H groups in total. The second-order valence-electron chi connectivity index (χ2n) is 6.64. The molecule has 8 heteroatoms. The largest absolute Gasteiger partial charge is 0.383 e. The van der Waals surface area contributed by atoms with Crippen LogP contribution in [0.3, 0.4) is 0 Å². The Kier molecular flexibility index (Phi) is 6.19. The molecule has 1 saturated heterocycles.